The molecule has 0 atom stereocenters. The highest BCUT2D eigenvalue weighted by molar-refractivity contribution is 5.56. The molecule has 1 aromatic heterocycles. The Morgan fingerprint density at radius 3 is 2.79 bits per heavy atom. The fraction of sp³-hybridized carbons (Fsp3) is 0.333. The SMILES string of the molecule is Cc1c(N)ncnc1N1CCCc2ccccc2C1. The Labute approximate surface area is 113 Å². The normalized spacial score (nSPS) is 14.9. The van der Waals surface area contributed by atoms with Gasteiger partial charge in [-0.25, -0.2) is 9.97 Å². The molecule has 0 bridgehead atoms. The molecule has 0 saturated carbocycles. The van der Waals surface area contributed by atoms with Crippen LogP contribution in [0.1, 0.15) is 23.1 Å². The number of aryl methyl sites for hydroxylation is 1. The third kappa shape index (κ3) is 2.26. The van der Waals surface area contributed by atoms with E-state index in [-0.39, 0.29) is 0 Å². The number of hydrogen-bond donors (Lipinski definition) is 1. The first-order valence-electron chi connectivity index (χ1n) is 6.64. The van der Waals surface area contributed by atoms with Crippen LogP contribution < -0.4 is 10.6 Å². The van der Waals surface area contributed by atoms with Crippen LogP contribution in [0.15, 0.2) is 30.6 Å². The molecule has 2 N–H and O–H groups in total. The number of nitrogens with two attached hydrogens (primary N) is 1. The lowest BCUT2D eigenvalue weighted by Gasteiger charge is -2.23. The first kappa shape index (κ1) is 12.0. The van der Waals surface area contributed by atoms with Crippen molar-refractivity contribution >= 4 is 11.6 Å². The van der Waals surface area contributed by atoms with Crippen molar-refractivity contribution in [2.75, 3.05) is 17.2 Å². The number of benzene rings is 1. The van der Waals surface area contributed by atoms with E-state index in [0.717, 1.165) is 37.3 Å². The monoisotopic (exact) mass is 254 g/mol. The first-order chi connectivity index (χ1) is 9.25. The molecule has 4 nitrogen and oxygen atoms in total. The van der Waals surface area contributed by atoms with Crippen LogP contribution >= 0.6 is 0 Å². The Hall–Kier alpha value is -2.10. The van der Waals surface area contributed by atoms with Crippen molar-refractivity contribution in [2.24, 2.45) is 0 Å². The average molecular weight is 254 g/mol. The molecule has 2 heterocycles. The molecule has 0 radical (unpaired) electrons. The van der Waals surface area contributed by atoms with E-state index in [0.29, 0.717) is 5.82 Å². The molecule has 0 aliphatic carbocycles. The third-order valence-corrected chi connectivity index (χ3v) is 3.75. The number of aromatic nitrogens is 2. The van der Waals surface area contributed by atoms with Crippen LogP contribution in [0.4, 0.5) is 11.6 Å². The quantitative estimate of drug-likeness (QED) is 0.848. The zero-order valence-electron chi connectivity index (χ0n) is 11.1. The number of nitrogen functional groups attached to an aromatic ring is 1. The van der Waals surface area contributed by atoms with Gasteiger partial charge in [0.15, 0.2) is 0 Å². The Morgan fingerprint density at radius 1 is 1.16 bits per heavy atom. The van der Waals surface area contributed by atoms with Crippen LogP contribution in [-0.4, -0.2) is 16.5 Å². The van der Waals surface area contributed by atoms with Gasteiger partial charge in [-0.3, -0.25) is 0 Å². The molecule has 2 aromatic rings. The van der Waals surface area contributed by atoms with Crippen LogP contribution in [0.2, 0.25) is 0 Å². The number of fused-ring (bicyclic) bond motifs is 1. The van der Waals surface area contributed by atoms with Crippen molar-refractivity contribution in [2.45, 2.75) is 26.3 Å². The Morgan fingerprint density at radius 2 is 1.95 bits per heavy atom. The van der Waals surface area contributed by atoms with Gasteiger partial charge in [-0.05, 0) is 30.9 Å². The summed E-state index contributed by atoms with van der Waals surface area (Å²) in [6.45, 7) is 3.89. The van der Waals surface area contributed by atoms with Gasteiger partial charge in [-0.15, -0.1) is 0 Å². The molecule has 0 amide bonds. The van der Waals surface area contributed by atoms with E-state index in [4.69, 9.17) is 5.73 Å². The van der Waals surface area contributed by atoms with E-state index in [9.17, 15) is 0 Å². The maximum Gasteiger partial charge on any atom is 0.137 e. The molecular weight excluding hydrogens is 236 g/mol. The summed E-state index contributed by atoms with van der Waals surface area (Å²) in [6, 6.07) is 8.64. The predicted molar refractivity (Wildman–Crippen MR) is 77.0 cm³/mol. The highest BCUT2D eigenvalue weighted by Gasteiger charge is 2.17. The Bertz CT molecular complexity index is 594. The zero-order valence-corrected chi connectivity index (χ0v) is 11.1. The fourth-order valence-corrected chi connectivity index (χ4v) is 2.65. The van der Waals surface area contributed by atoms with Crippen LogP contribution in [0.25, 0.3) is 0 Å². The Kier molecular flexibility index (Phi) is 3.07. The molecule has 1 aliphatic heterocycles. The smallest absolute Gasteiger partial charge is 0.137 e. The summed E-state index contributed by atoms with van der Waals surface area (Å²) >= 11 is 0. The van der Waals surface area contributed by atoms with Gasteiger partial charge in [-0.1, -0.05) is 24.3 Å². The van der Waals surface area contributed by atoms with Crippen LogP contribution in [0.5, 0.6) is 0 Å². The molecule has 0 spiro atoms. The summed E-state index contributed by atoms with van der Waals surface area (Å²) in [5.41, 5.74) is 9.69. The molecule has 4 heteroatoms. The van der Waals surface area contributed by atoms with Crippen LogP contribution in [0.3, 0.4) is 0 Å². The first-order valence-corrected chi connectivity index (χ1v) is 6.64. The molecular formula is C15H18N4. The lowest BCUT2D eigenvalue weighted by molar-refractivity contribution is 0.750. The molecule has 3 rings (SSSR count). The van der Waals surface area contributed by atoms with Gasteiger partial charge >= 0.3 is 0 Å². The summed E-state index contributed by atoms with van der Waals surface area (Å²) in [4.78, 5) is 10.8. The van der Waals surface area contributed by atoms with E-state index in [1.807, 2.05) is 6.92 Å². The van der Waals surface area contributed by atoms with Crippen molar-refractivity contribution in [3.63, 3.8) is 0 Å². The van der Waals surface area contributed by atoms with Crippen molar-refractivity contribution in [1.82, 2.24) is 9.97 Å². The third-order valence-electron chi connectivity index (χ3n) is 3.75. The van der Waals surface area contributed by atoms with Gasteiger partial charge in [0.2, 0.25) is 0 Å². The largest absolute Gasteiger partial charge is 0.383 e. The van der Waals surface area contributed by atoms with Crippen LogP contribution in [-0.2, 0) is 13.0 Å². The minimum Gasteiger partial charge on any atom is -0.383 e. The molecule has 98 valence electrons. The standard InChI is InChI=1S/C15H18N4/c1-11-14(16)17-10-18-15(11)19-8-4-7-12-5-2-3-6-13(12)9-19/h2-3,5-6,10H,4,7-9H2,1H3,(H2,16,17,18). The fourth-order valence-electron chi connectivity index (χ4n) is 2.65. The second-order valence-electron chi connectivity index (χ2n) is 5.00. The highest BCUT2D eigenvalue weighted by Crippen LogP contribution is 2.26. The topological polar surface area (TPSA) is 55.0 Å². The molecule has 0 fully saturated rings. The second kappa shape index (κ2) is 4.88. The van der Waals surface area contributed by atoms with Gasteiger partial charge in [0, 0.05) is 18.7 Å². The van der Waals surface area contributed by atoms with E-state index in [1.165, 1.54) is 11.1 Å². The average Bonchev–Trinajstić information content (AvgIpc) is 2.64. The lowest BCUT2D eigenvalue weighted by atomic mass is 10.0. The van der Waals surface area contributed by atoms with Gasteiger partial charge in [-0.2, -0.15) is 0 Å². The summed E-state index contributed by atoms with van der Waals surface area (Å²) in [5.74, 6) is 1.53. The summed E-state index contributed by atoms with van der Waals surface area (Å²) in [6.07, 6.45) is 3.82. The van der Waals surface area contributed by atoms with Crippen molar-refractivity contribution < 1.29 is 0 Å². The second-order valence-corrected chi connectivity index (χ2v) is 5.00. The number of hydrogen-bond acceptors (Lipinski definition) is 4. The maximum absolute atomic E-state index is 5.88. The molecule has 0 unspecified atom stereocenters. The van der Waals surface area contributed by atoms with Gasteiger partial charge in [0.1, 0.15) is 18.0 Å². The van der Waals surface area contributed by atoms with E-state index < -0.39 is 0 Å². The zero-order chi connectivity index (χ0) is 13.2. The number of nitrogens with zero attached hydrogens (tertiary/aromatic N) is 3. The summed E-state index contributed by atoms with van der Waals surface area (Å²) in [5, 5.41) is 0. The van der Waals surface area contributed by atoms with E-state index in [1.54, 1.807) is 6.33 Å². The van der Waals surface area contributed by atoms with E-state index in [2.05, 4.69) is 39.1 Å². The van der Waals surface area contributed by atoms with Gasteiger partial charge in [0.25, 0.3) is 0 Å². The summed E-state index contributed by atoms with van der Waals surface area (Å²) in [7, 11) is 0. The van der Waals surface area contributed by atoms with Gasteiger partial charge in [0.05, 0.1) is 0 Å². The van der Waals surface area contributed by atoms with E-state index >= 15 is 0 Å². The van der Waals surface area contributed by atoms with Crippen LogP contribution in [0, 0.1) is 6.92 Å². The predicted octanol–water partition coefficient (Wildman–Crippen LogP) is 2.32. The number of rotatable bonds is 1. The molecule has 0 saturated heterocycles. The minimum atomic E-state index is 0.572. The molecule has 19 heavy (non-hydrogen) atoms. The molecule has 1 aromatic carbocycles. The highest BCUT2D eigenvalue weighted by atomic mass is 15.2. The Balaban J connectivity index is 1.96. The van der Waals surface area contributed by atoms with Crippen molar-refractivity contribution in [3.05, 3.63) is 47.3 Å². The summed E-state index contributed by atoms with van der Waals surface area (Å²) < 4.78 is 0. The maximum atomic E-state index is 5.88. The molecule has 1 aliphatic rings. The lowest BCUT2D eigenvalue weighted by Crippen LogP contribution is -2.25. The number of anilines is 2. The van der Waals surface area contributed by atoms with Crippen molar-refractivity contribution in [1.29, 1.82) is 0 Å². The minimum absolute atomic E-state index is 0.572. The van der Waals surface area contributed by atoms with Gasteiger partial charge < -0.3 is 10.6 Å². The van der Waals surface area contributed by atoms with Crippen molar-refractivity contribution in [3.8, 4) is 0 Å².